The van der Waals surface area contributed by atoms with E-state index in [9.17, 15) is 22.8 Å². The number of ketones is 1. The number of Topliss-reactive ketones (excluding diaryl/α,β-unsaturated/α-hetero) is 1. The summed E-state index contributed by atoms with van der Waals surface area (Å²) in [5, 5.41) is 10.6. The summed E-state index contributed by atoms with van der Waals surface area (Å²) >= 11 is 1.37. The number of benzene rings is 1. The van der Waals surface area contributed by atoms with Gasteiger partial charge in [-0.3, -0.25) is 9.59 Å². The Kier molecular flexibility index (Phi) is 10.6. The molecule has 1 aromatic heterocycles. The summed E-state index contributed by atoms with van der Waals surface area (Å²) in [7, 11) is 1.59. The monoisotopic (exact) mass is 517 g/mol. The second kappa shape index (κ2) is 12.9. The van der Waals surface area contributed by atoms with Gasteiger partial charge in [-0.2, -0.15) is 13.2 Å². The van der Waals surface area contributed by atoms with Crippen molar-refractivity contribution in [2.24, 2.45) is 5.73 Å². The molecule has 1 heterocycles. The van der Waals surface area contributed by atoms with Crippen LogP contribution in [0.4, 0.5) is 13.2 Å². The van der Waals surface area contributed by atoms with Crippen molar-refractivity contribution in [2.45, 2.75) is 69.2 Å². The topological polar surface area (TPSA) is 132 Å². The quantitative estimate of drug-likeness (QED) is 0.337. The van der Waals surface area contributed by atoms with Gasteiger partial charge in [-0.1, -0.05) is 31.4 Å². The number of hydrogen-bond donors (Lipinski definition) is 3. The Morgan fingerprint density at radius 2 is 1.83 bits per heavy atom. The number of nitrogens with two attached hydrogens (primary N) is 1. The van der Waals surface area contributed by atoms with E-state index in [1.807, 2.05) is 24.3 Å². The molecule has 194 valence electrons. The van der Waals surface area contributed by atoms with Gasteiger partial charge in [0.25, 0.3) is 5.91 Å². The van der Waals surface area contributed by atoms with E-state index >= 15 is 0 Å². The fourth-order valence-electron chi connectivity index (χ4n) is 3.82. The first kappa shape index (κ1) is 28.7. The van der Waals surface area contributed by atoms with E-state index in [1.165, 1.54) is 11.3 Å². The third kappa shape index (κ3) is 7.97. The Hall–Kier alpha value is -2.57. The Bertz CT molecular complexity index is 973. The molecular weight excluding hydrogens is 487 g/mol. The van der Waals surface area contributed by atoms with Crippen molar-refractivity contribution in [3.05, 3.63) is 29.3 Å². The number of aromatic nitrogens is 1. The van der Waals surface area contributed by atoms with Crippen LogP contribution in [0, 0.1) is 0 Å². The summed E-state index contributed by atoms with van der Waals surface area (Å²) < 4.78 is 38.4. The van der Waals surface area contributed by atoms with E-state index in [2.05, 4.69) is 10.3 Å². The van der Waals surface area contributed by atoms with Crippen LogP contribution in [0.15, 0.2) is 24.3 Å². The van der Waals surface area contributed by atoms with Crippen molar-refractivity contribution >= 4 is 39.2 Å². The molecule has 2 aromatic rings. The lowest BCUT2D eigenvalue weighted by Gasteiger charge is -2.35. The summed E-state index contributed by atoms with van der Waals surface area (Å²) in [5.74, 6) is -3.07. The van der Waals surface area contributed by atoms with Gasteiger partial charge < -0.3 is 20.9 Å². The molecule has 4 N–H and O–H groups in total. The first-order valence-electron chi connectivity index (χ1n) is 11.3. The molecule has 0 bridgehead atoms. The van der Waals surface area contributed by atoms with Crippen LogP contribution in [0.2, 0.25) is 0 Å². The summed E-state index contributed by atoms with van der Waals surface area (Å²) in [4.78, 5) is 39.6. The number of ether oxygens (including phenoxy) is 1. The Balaban J connectivity index is 0.000000540. The third-order valence-electron chi connectivity index (χ3n) is 5.78. The minimum atomic E-state index is -5.08. The number of hydrogen-bond acceptors (Lipinski definition) is 7. The molecule has 1 aromatic carbocycles. The highest BCUT2D eigenvalue weighted by atomic mass is 32.1. The van der Waals surface area contributed by atoms with Crippen molar-refractivity contribution in [3.8, 4) is 0 Å². The van der Waals surface area contributed by atoms with Gasteiger partial charge in [0.1, 0.15) is 5.60 Å². The minimum Gasteiger partial charge on any atom is -0.475 e. The van der Waals surface area contributed by atoms with Gasteiger partial charge in [0.05, 0.1) is 16.3 Å². The van der Waals surface area contributed by atoms with Crippen LogP contribution >= 0.6 is 11.3 Å². The van der Waals surface area contributed by atoms with E-state index in [-0.39, 0.29) is 11.7 Å². The van der Waals surface area contributed by atoms with E-state index < -0.39 is 23.8 Å². The number of thiazole rings is 1. The molecule has 1 atom stereocenters. The Morgan fingerprint density at radius 3 is 2.37 bits per heavy atom. The van der Waals surface area contributed by atoms with Crippen LogP contribution in [0.25, 0.3) is 10.2 Å². The van der Waals surface area contributed by atoms with Crippen molar-refractivity contribution in [1.82, 2.24) is 10.3 Å². The maximum absolute atomic E-state index is 13.2. The fourth-order valence-corrected chi connectivity index (χ4v) is 4.78. The van der Waals surface area contributed by atoms with Gasteiger partial charge in [0.2, 0.25) is 5.78 Å². The number of carboxylic acid groups (broad SMARTS) is 1. The molecule has 0 spiro atoms. The van der Waals surface area contributed by atoms with Crippen LogP contribution < -0.4 is 11.1 Å². The van der Waals surface area contributed by atoms with E-state index in [1.54, 1.807) is 7.11 Å². The van der Waals surface area contributed by atoms with E-state index in [0.29, 0.717) is 30.8 Å². The molecule has 8 nitrogen and oxygen atoms in total. The molecule has 1 aliphatic carbocycles. The number of unbranched alkanes of at least 4 members (excludes halogenated alkanes) is 1. The van der Waals surface area contributed by atoms with Crippen LogP contribution in [0.1, 0.15) is 61.2 Å². The van der Waals surface area contributed by atoms with Gasteiger partial charge in [0, 0.05) is 7.11 Å². The predicted octanol–water partition coefficient (Wildman–Crippen LogP) is 4.08. The van der Waals surface area contributed by atoms with Crippen LogP contribution in [0.5, 0.6) is 0 Å². The molecule has 0 saturated heterocycles. The smallest absolute Gasteiger partial charge is 0.475 e. The van der Waals surface area contributed by atoms with E-state index in [4.69, 9.17) is 20.4 Å². The second-order valence-corrected chi connectivity index (χ2v) is 9.25. The number of fused-ring (bicyclic) bond motifs is 1. The molecule has 0 unspecified atom stereocenters. The van der Waals surface area contributed by atoms with Gasteiger partial charge in [-0.25, -0.2) is 9.78 Å². The van der Waals surface area contributed by atoms with Crippen LogP contribution in [0.3, 0.4) is 0 Å². The lowest BCUT2D eigenvalue weighted by atomic mass is 9.83. The number of nitrogens with one attached hydrogen (secondary N) is 1. The minimum absolute atomic E-state index is 0.131. The lowest BCUT2D eigenvalue weighted by molar-refractivity contribution is -0.192. The van der Waals surface area contributed by atoms with Gasteiger partial charge in [0.15, 0.2) is 5.01 Å². The van der Waals surface area contributed by atoms with Crippen molar-refractivity contribution < 1.29 is 37.4 Å². The second-order valence-electron chi connectivity index (χ2n) is 8.22. The molecule has 1 saturated carbocycles. The summed E-state index contributed by atoms with van der Waals surface area (Å²) in [5.41, 5.74) is 5.60. The first-order chi connectivity index (χ1) is 16.5. The normalized spacial score (nSPS) is 16.1. The lowest BCUT2D eigenvalue weighted by Crippen LogP contribution is -2.54. The highest BCUT2D eigenvalue weighted by Gasteiger charge is 2.41. The standard InChI is InChI=1S/C21H29N3O3S.C2HF3O2/c1-27-21(12-6-2-7-13-21)20(26)24-16(10-5-8-14-22)18(25)19-23-15-9-3-4-11-17(15)28-19;3-2(4,5)1(6)7/h3-4,9,11,16H,2,5-8,10,12-14,22H2,1H3,(H,24,26);(H,6,7)/t16-;/m0./s1. The number of halogens is 3. The number of alkyl halides is 3. The zero-order valence-electron chi connectivity index (χ0n) is 19.4. The fraction of sp³-hybridized carbons (Fsp3) is 0.565. The highest BCUT2D eigenvalue weighted by molar-refractivity contribution is 7.20. The number of carbonyl (C=O) groups is 3. The average Bonchev–Trinajstić information content (AvgIpc) is 3.27. The zero-order chi connectivity index (χ0) is 26.1. The summed E-state index contributed by atoms with van der Waals surface area (Å²) in [6, 6.07) is 7.08. The highest BCUT2D eigenvalue weighted by Crippen LogP contribution is 2.32. The molecule has 1 aliphatic rings. The van der Waals surface area contributed by atoms with E-state index in [0.717, 1.165) is 42.3 Å². The number of methoxy groups -OCH3 is 1. The molecule has 1 amide bonds. The molecular formula is C23H30F3N3O5S. The molecule has 12 heteroatoms. The zero-order valence-corrected chi connectivity index (χ0v) is 20.2. The molecule has 1 fully saturated rings. The van der Waals surface area contributed by atoms with Crippen LogP contribution in [-0.4, -0.2) is 59.2 Å². The Morgan fingerprint density at radius 1 is 1.20 bits per heavy atom. The SMILES string of the molecule is COC1(C(=O)N[C@@H](CCCCN)C(=O)c2nc3ccccc3s2)CCCCC1.O=C(O)C(F)(F)F. The summed E-state index contributed by atoms with van der Waals surface area (Å²) in [6.45, 7) is 0.567. The number of aliphatic carboxylic acids is 1. The molecule has 35 heavy (non-hydrogen) atoms. The Labute approximate surface area is 205 Å². The van der Waals surface area contributed by atoms with Gasteiger partial charge >= 0.3 is 12.1 Å². The molecule has 0 radical (unpaired) electrons. The summed E-state index contributed by atoms with van der Waals surface area (Å²) in [6.07, 6.45) is 1.49. The number of carboxylic acids is 1. The number of rotatable bonds is 9. The number of nitrogens with zero attached hydrogens (tertiary/aromatic N) is 1. The van der Waals surface area contributed by atoms with Gasteiger partial charge in [-0.15, -0.1) is 11.3 Å². The number of para-hydroxylation sites is 1. The third-order valence-corrected chi connectivity index (χ3v) is 6.83. The van der Waals surface area contributed by atoms with Gasteiger partial charge in [-0.05, 0) is 50.8 Å². The predicted molar refractivity (Wildman–Crippen MR) is 125 cm³/mol. The van der Waals surface area contributed by atoms with Crippen LogP contribution in [-0.2, 0) is 14.3 Å². The number of amides is 1. The maximum Gasteiger partial charge on any atom is 0.490 e. The molecule has 3 rings (SSSR count). The average molecular weight is 518 g/mol. The molecule has 0 aliphatic heterocycles. The van der Waals surface area contributed by atoms with Crippen molar-refractivity contribution in [2.75, 3.05) is 13.7 Å². The van der Waals surface area contributed by atoms with Crippen molar-refractivity contribution in [1.29, 1.82) is 0 Å². The van der Waals surface area contributed by atoms with Crippen molar-refractivity contribution in [3.63, 3.8) is 0 Å². The maximum atomic E-state index is 13.2. The largest absolute Gasteiger partial charge is 0.490 e. The number of carbonyl (C=O) groups excluding carboxylic acids is 2. The first-order valence-corrected chi connectivity index (χ1v) is 12.1.